The van der Waals surface area contributed by atoms with Crippen LogP contribution in [0.4, 0.5) is 5.69 Å². The van der Waals surface area contributed by atoms with Crippen molar-refractivity contribution >= 4 is 11.6 Å². The topological polar surface area (TPSA) is 59.9 Å². The summed E-state index contributed by atoms with van der Waals surface area (Å²) in [6, 6.07) is 27.4. The number of nitrogens with one attached hydrogen (secondary N) is 2. The second-order valence-electron chi connectivity index (χ2n) is 9.42. The molecule has 0 aliphatic carbocycles. The summed E-state index contributed by atoms with van der Waals surface area (Å²) in [6.45, 7) is 8.29. The molecule has 1 heterocycles. The monoisotopic (exact) mass is 456 g/mol. The zero-order chi connectivity index (χ0) is 23.9. The van der Waals surface area contributed by atoms with Crippen LogP contribution in [0.25, 0.3) is 11.1 Å². The van der Waals surface area contributed by atoms with Gasteiger partial charge in [-0.1, -0.05) is 66.7 Å². The quantitative estimate of drug-likeness (QED) is 0.259. The molecular formula is C29H36N4O. The molecule has 1 saturated heterocycles. The molecule has 3 aromatic carbocycles. The number of aromatic hydroxyl groups is 1. The van der Waals surface area contributed by atoms with Gasteiger partial charge >= 0.3 is 0 Å². The number of hydrogen-bond donors (Lipinski definition) is 3. The van der Waals surface area contributed by atoms with Gasteiger partial charge in [0.15, 0.2) is 5.96 Å². The molecule has 0 aromatic heterocycles. The number of rotatable bonds is 6. The van der Waals surface area contributed by atoms with E-state index in [1.807, 2.05) is 30.3 Å². The first-order valence-corrected chi connectivity index (χ1v) is 12.3. The Morgan fingerprint density at radius 3 is 2.29 bits per heavy atom. The average Bonchev–Trinajstić information content (AvgIpc) is 2.84. The van der Waals surface area contributed by atoms with Crippen molar-refractivity contribution in [3.8, 4) is 16.9 Å². The smallest absolute Gasteiger partial charge is 0.198 e. The van der Waals surface area contributed by atoms with Gasteiger partial charge in [-0.15, -0.1) is 0 Å². The first-order chi connectivity index (χ1) is 16.5. The first-order valence-electron chi connectivity index (χ1n) is 12.3. The van der Waals surface area contributed by atoms with Crippen molar-refractivity contribution in [3.63, 3.8) is 0 Å². The van der Waals surface area contributed by atoms with Crippen molar-refractivity contribution in [3.05, 3.63) is 84.4 Å². The summed E-state index contributed by atoms with van der Waals surface area (Å²) < 4.78 is 0. The lowest BCUT2D eigenvalue weighted by molar-refractivity contribution is 0.253. The van der Waals surface area contributed by atoms with Gasteiger partial charge in [0.1, 0.15) is 5.75 Å². The van der Waals surface area contributed by atoms with E-state index in [1.54, 1.807) is 6.07 Å². The fourth-order valence-electron chi connectivity index (χ4n) is 4.55. The molecule has 3 N–H and O–H groups in total. The van der Waals surface area contributed by atoms with Crippen LogP contribution in [-0.4, -0.2) is 47.2 Å². The van der Waals surface area contributed by atoms with Crippen LogP contribution in [0.3, 0.4) is 0 Å². The Balaban J connectivity index is 1.58. The molecule has 5 nitrogen and oxygen atoms in total. The highest BCUT2D eigenvalue weighted by atomic mass is 16.3. The maximum Gasteiger partial charge on any atom is 0.198 e. The van der Waals surface area contributed by atoms with Crippen molar-refractivity contribution in [2.45, 2.75) is 51.7 Å². The van der Waals surface area contributed by atoms with E-state index in [0.29, 0.717) is 17.8 Å². The van der Waals surface area contributed by atoms with E-state index in [9.17, 15) is 5.11 Å². The summed E-state index contributed by atoms with van der Waals surface area (Å²) >= 11 is 0. The number of hydrogen-bond acceptors (Lipinski definition) is 3. The van der Waals surface area contributed by atoms with Crippen LogP contribution in [0.2, 0.25) is 0 Å². The van der Waals surface area contributed by atoms with Gasteiger partial charge in [0.2, 0.25) is 0 Å². The van der Waals surface area contributed by atoms with Crippen LogP contribution >= 0.6 is 0 Å². The molecule has 0 amide bonds. The molecular weight excluding hydrogens is 420 g/mol. The molecule has 178 valence electrons. The van der Waals surface area contributed by atoms with E-state index < -0.39 is 0 Å². The summed E-state index contributed by atoms with van der Waals surface area (Å²) in [4.78, 5) is 7.42. The average molecular weight is 457 g/mol. The van der Waals surface area contributed by atoms with Crippen LogP contribution in [-0.2, 0) is 6.42 Å². The standard InChI is InChI=1S/C29H36N4O/c1-21(14-15-24-10-6-4-7-11-24)31-29(33-19-22(2)30-23(3)20-33)32-27-18-26(16-17-28(27)34)25-12-8-5-9-13-25/h4-13,16-18,21-23,30,34H,14-15,19-20H2,1-3H3,(H,31,32). The summed E-state index contributed by atoms with van der Waals surface area (Å²) in [6.07, 6.45) is 1.95. The molecule has 3 unspecified atom stereocenters. The van der Waals surface area contributed by atoms with Crippen LogP contribution in [0.1, 0.15) is 32.8 Å². The van der Waals surface area contributed by atoms with Crippen molar-refractivity contribution in [2.24, 2.45) is 4.99 Å². The van der Waals surface area contributed by atoms with Gasteiger partial charge < -0.3 is 20.6 Å². The highest BCUT2D eigenvalue weighted by Gasteiger charge is 2.25. The van der Waals surface area contributed by atoms with E-state index in [-0.39, 0.29) is 11.8 Å². The molecule has 3 aromatic rings. The number of phenols is 1. The third-order valence-corrected chi connectivity index (χ3v) is 6.24. The first kappa shape index (κ1) is 23.8. The van der Waals surface area contributed by atoms with Gasteiger partial charge in [0, 0.05) is 25.2 Å². The number of aryl methyl sites for hydroxylation is 1. The van der Waals surface area contributed by atoms with Gasteiger partial charge in [-0.3, -0.25) is 0 Å². The molecule has 3 atom stereocenters. The summed E-state index contributed by atoms with van der Waals surface area (Å²) in [5.41, 5.74) is 4.18. The fraction of sp³-hybridized carbons (Fsp3) is 0.345. The molecule has 5 heteroatoms. The third kappa shape index (κ3) is 6.39. The van der Waals surface area contributed by atoms with E-state index >= 15 is 0 Å². The number of guanidine groups is 1. The van der Waals surface area contributed by atoms with Crippen LogP contribution in [0.5, 0.6) is 5.75 Å². The Labute approximate surface area is 203 Å². The van der Waals surface area contributed by atoms with Gasteiger partial charge in [-0.25, -0.2) is 4.99 Å². The lowest BCUT2D eigenvalue weighted by Crippen LogP contribution is -2.57. The molecule has 0 bridgehead atoms. The Morgan fingerprint density at radius 2 is 1.62 bits per heavy atom. The lowest BCUT2D eigenvalue weighted by Gasteiger charge is -2.38. The van der Waals surface area contributed by atoms with Gasteiger partial charge in [0.25, 0.3) is 0 Å². The Bertz CT molecular complexity index is 1070. The van der Waals surface area contributed by atoms with Crippen molar-refractivity contribution in [2.75, 3.05) is 18.4 Å². The predicted octanol–water partition coefficient (Wildman–Crippen LogP) is 5.53. The van der Waals surface area contributed by atoms with Crippen molar-refractivity contribution in [1.82, 2.24) is 10.2 Å². The van der Waals surface area contributed by atoms with E-state index in [1.165, 1.54) is 5.56 Å². The zero-order valence-corrected chi connectivity index (χ0v) is 20.4. The molecule has 0 radical (unpaired) electrons. The number of aliphatic imine (C=N–C) groups is 1. The molecule has 1 fully saturated rings. The molecule has 4 rings (SSSR count). The van der Waals surface area contributed by atoms with Crippen LogP contribution in [0, 0.1) is 0 Å². The second kappa shape index (κ2) is 11.2. The highest BCUT2D eigenvalue weighted by molar-refractivity contribution is 5.96. The zero-order valence-electron chi connectivity index (χ0n) is 20.4. The largest absolute Gasteiger partial charge is 0.506 e. The Kier molecular flexibility index (Phi) is 7.86. The van der Waals surface area contributed by atoms with Crippen molar-refractivity contribution < 1.29 is 5.11 Å². The molecule has 0 spiro atoms. The minimum atomic E-state index is 0.141. The number of anilines is 1. The number of nitrogens with zero attached hydrogens (tertiary/aromatic N) is 2. The number of piperazine rings is 1. The SMILES string of the molecule is CC(CCc1ccccc1)N=C(Nc1cc(-c2ccccc2)ccc1O)N1CC(C)NC(C)C1. The highest BCUT2D eigenvalue weighted by Crippen LogP contribution is 2.30. The maximum absolute atomic E-state index is 10.7. The summed E-state index contributed by atoms with van der Waals surface area (Å²) in [5, 5.41) is 17.8. The molecule has 0 saturated carbocycles. The predicted molar refractivity (Wildman–Crippen MR) is 142 cm³/mol. The number of phenolic OH excluding ortho intramolecular Hbond substituents is 1. The minimum Gasteiger partial charge on any atom is -0.506 e. The van der Waals surface area contributed by atoms with Crippen LogP contribution < -0.4 is 10.6 Å². The van der Waals surface area contributed by atoms with Gasteiger partial charge in [-0.05, 0) is 62.4 Å². The van der Waals surface area contributed by atoms with Crippen molar-refractivity contribution in [1.29, 1.82) is 0 Å². The second-order valence-corrected chi connectivity index (χ2v) is 9.42. The summed E-state index contributed by atoms with van der Waals surface area (Å²) in [5.74, 6) is 1.04. The number of benzene rings is 3. The molecule has 34 heavy (non-hydrogen) atoms. The normalized spacial score (nSPS) is 19.6. The van der Waals surface area contributed by atoms with E-state index in [2.05, 4.69) is 78.8 Å². The lowest BCUT2D eigenvalue weighted by atomic mass is 10.0. The fourth-order valence-corrected chi connectivity index (χ4v) is 4.55. The minimum absolute atomic E-state index is 0.141. The molecule has 1 aliphatic heterocycles. The van der Waals surface area contributed by atoms with Gasteiger partial charge in [0.05, 0.1) is 11.7 Å². The Morgan fingerprint density at radius 1 is 0.971 bits per heavy atom. The van der Waals surface area contributed by atoms with E-state index in [4.69, 9.17) is 4.99 Å². The maximum atomic E-state index is 10.7. The summed E-state index contributed by atoms with van der Waals surface area (Å²) in [7, 11) is 0. The Hall–Kier alpha value is -3.31. The molecule has 1 aliphatic rings. The van der Waals surface area contributed by atoms with Crippen LogP contribution in [0.15, 0.2) is 83.9 Å². The third-order valence-electron chi connectivity index (χ3n) is 6.24. The van der Waals surface area contributed by atoms with E-state index in [0.717, 1.165) is 43.0 Å². The van der Waals surface area contributed by atoms with Gasteiger partial charge in [-0.2, -0.15) is 0 Å².